The minimum absolute atomic E-state index is 0.0527. The summed E-state index contributed by atoms with van der Waals surface area (Å²) in [4.78, 5) is 13.3. The fourth-order valence-electron chi connectivity index (χ4n) is 1.78. The maximum absolute atomic E-state index is 11.7. The Labute approximate surface area is 111 Å². The van der Waals surface area contributed by atoms with Crippen LogP contribution < -0.4 is 5.73 Å². The van der Waals surface area contributed by atoms with Gasteiger partial charge in [-0.05, 0) is 20.8 Å². The van der Waals surface area contributed by atoms with E-state index in [2.05, 4.69) is 5.10 Å². The second kappa shape index (κ2) is 4.46. The lowest BCUT2D eigenvalue weighted by Gasteiger charge is -2.39. The van der Waals surface area contributed by atoms with Crippen LogP contribution in [0.25, 0.3) is 0 Å². The van der Waals surface area contributed by atoms with Crippen molar-refractivity contribution >= 4 is 11.9 Å². The Hall–Kier alpha value is -2.23. The van der Waals surface area contributed by atoms with Crippen LogP contribution in [0.2, 0.25) is 0 Å². The van der Waals surface area contributed by atoms with Crippen molar-refractivity contribution in [3.05, 3.63) is 11.8 Å². The Kier molecular flexibility index (Phi) is 3.10. The van der Waals surface area contributed by atoms with E-state index >= 15 is 0 Å². The van der Waals surface area contributed by atoms with Gasteiger partial charge in [0.1, 0.15) is 17.2 Å². The zero-order valence-electron chi connectivity index (χ0n) is 11.3. The van der Waals surface area contributed by atoms with Crippen LogP contribution in [-0.4, -0.2) is 39.5 Å². The van der Waals surface area contributed by atoms with E-state index in [4.69, 9.17) is 15.7 Å². The van der Waals surface area contributed by atoms with Crippen molar-refractivity contribution in [1.82, 2.24) is 14.7 Å². The number of ether oxygens (including phenoxy) is 1. The van der Waals surface area contributed by atoms with Crippen molar-refractivity contribution < 1.29 is 9.53 Å². The average molecular weight is 263 g/mol. The van der Waals surface area contributed by atoms with Gasteiger partial charge in [-0.1, -0.05) is 0 Å². The number of hydrogen-bond donors (Lipinski definition) is 1. The number of aromatic nitrogens is 2. The van der Waals surface area contributed by atoms with Crippen LogP contribution in [0.4, 0.5) is 10.6 Å². The molecular formula is C12H17N5O2. The van der Waals surface area contributed by atoms with Crippen LogP contribution in [0.5, 0.6) is 0 Å². The molecule has 1 amide bonds. The van der Waals surface area contributed by atoms with Gasteiger partial charge in [-0.2, -0.15) is 10.4 Å². The number of carbonyl (C=O) groups excluding carboxylic acids is 1. The fourth-order valence-corrected chi connectivity index (χ4v) is 1.78. The molecule has 0 atom stereocenters. The molecule has 2 N–H and O–H groups in total. The Balaban J connectivity index is 1.93. The SMILES string of the molecule is CC(C)(C)OC(=O)N1CC(n2cc(C#N)c(N)n2)C1. The molecule has 1 fully saturated rings. The van der Waals surface area contributed by atoms with Gasteiger partial charge in [0.25, 0.3) is 0 Å². The number of nitriles is 1. The number of rotatable bonds is 1. The third kappa shape index (κ3) is 2.78. The zero-order valence-corrected chi connectivity index (χ0v) is 11.3. The summed E-state index contributed by atoms with van der Waals surface area (Å²) in [5, 5.41) is 12.9. The number of anilines is 1. The minimum atomic E-state index is -0.494. The van der Waals surface area contributed by atoms with E-state index in [1.54, 1.807) is 15.8 Å². The molecule has 2 rings (SSSR count). The molecule has 1 aliphatic heterocycles. The van der Waals surface area contributed by atoms with Gasteiger partial charge in [0.2, 0.25) is 0 Å². The maximum atomic E-state index is 11.7. The lowest BCUT2D eigenvalue weighted by molar-refractivity contribution is -0.000345. The monoisotopic (exact) mass is 263 g/mol. The van der Waals surface area contributed by atoms with Gasteiger partial charge in [0.05, 0.1) is 6.04 Å². The molecule has 1 aromatic heterocycles. The number of amides is 1. The van der Waals surface area contributed by atoms with E-state index in [0.29, 0.717) is 18.7 Å². The first kappa shape index (κ1) is 13.2. The van der Waals surface area contributed by atoms with Crippen molar-refractivity contribution in [2.75, 3.05) is 18.8 Å². The van der Waals surface area contributed by atoms with Crippen molar-refractivity contribution in [1.29, 1.82) is 5.26 Å². The van der Waals surface area contributed by atoms with Gasteiger partial charge < -0.3 is 15.4 Å². The molecule has 7 heteroatoms. The van der Waals surface area contributed by atoms with Crippen molar-refractivity contribution in [2.24, 2.45) is 0 Å². The Morgan fingerprint density at radius 1 is 1.58 bits per heavy atom. The van der Waals surface area contributed by atoms with Gasteiger partial charge in [-0.25, -0.2) is 4.79 Å². The second-order valence-electron chi connectivity index (χ2n) is 5.56. The summed E-state index contributed by atoms with van der Waals surface area (Å²) in [5.41, 5.74) is 5.45. The molecule has 0 spiro atoms. The second-order valence-corrected chi connectivity index (χ2v) is 5.56. The van der Waals surface area contributed by atoms with Crippen LogP contribution in [0.3, 0.4) is 0 Å². The summed E-state index contributed by atoms with van der Waals surface area (Å²) < 4.78 is 6.89. The van der Waals surface area contributed by atoms with Crippen molar-refractivity contribution in [3.8, 4) is 6.07 Å². The summed E-state index contributed by atoms with van der Waals surface area (Å²) >= 11 is 0. The van der Waals surface area contributed by atoms with E-state index in [0.717, 1.165) is 0 Å². The molecule has 0 unspecified atom stereocenters. The average Bonchev–Trinajstić information content (AvgIpc) is 2.54. The highest BCUT2D eigenvalue weighted by Gasteiger charge is 2.35. The van der Waals surface area contributed by atoms with E-state index in [1.165, 1.54) is 0 Å². The highest BCUT2D eigenvalue weighted by molar-refractivity contribution is 5.69. The molecule has 0 saturated carbocycles. The Bertz CT molecular complexity index is 531. The molecule has 102 valence electrons. The number of nitrogens with two attached hydrogens (primary N) is 1. The fraction of sp³-hybridized carbons (Fsp3) is 0.583. The minimum Gasteiger partial charge on any atom is -0.444 e. The predicted octanol–water partition coefficient (Wildman–Crippen LogP) is 1.13. The lowest BCUT2D eigenvalue weighted by Crippen LogP contribution is -2.52. The van der Waals surface area contributed by atoms with E-state index < -0.39 is 5.60 Å². The summed E-state index contributed by atoms with van der Waals surface area (Å²) in [6.45, 7) is 6.52. The molecule has 1 saturated heterocycles. The van der Waals surface area contributed by atoms with Crippen LogP contribution >= 0.6 is 0 Å². The molecule has 0 aromatic carbocycles. The summed E-state index contributed by atoms with van der Waals surface area (Å²) in [5.74, 6) is 0.221. The largest absolute Gasteiger partial charge is 0.444 e. The number of likely N-dealkylation sites (tertiary alicyclic amines) is 1. The number of carbonyl (C=O) groups is 1. The Morgan fingerprint density at radius 2 is 2.21 bits per heavy atom. The number of nitrogens with zero attached hydrogens (tertiary/aromatic N) is 4. The van der Waals surface area contributed by atoms with Crippen LogP contribution in [-0.2, 0) is 4.74 Å². The molecule has 1 aromatic rings. The third-order valence-electron chi connectivity index (χ3n) is 2.77. The first-order valence-corrected chi connectivity index (χ1v) is 6.03. The predicted molar refractivity (Wildman–Crippen MR) is 68.2 cm³/mol. The van der Waals surface area contributed by atoms with Crippen molar-refractivity contribution in [3.63, 3.8) is 0 Å². The van der Waals surface area contributed by atoms with E-state index in [9.17, 15) is 4.79 Å². The van der Waals surface area contributed by atoms with Gasteiger partial charge in [0.15, 0.2) is 5.82 Å². The van der Waals surface area contributed by atoms with Gasteiger partial charge in [-0.15, -0.1) is 0 Å². The van der Waals surface area contributed by atoms with E-state index in [-0.39, 0.29) is 18.0 Å². The van der Waals surface area contributed by atoms with Crippen LogP contribution in [0, 0.1) is 11.3 Å². The first-order valence-electron chi connectivity index (χ1n) is 6.03. The van der Waals surface area contributed by atoms with Gasteiger partial charge >= 0.3 is 6.09 Å². The van der Waals surface area contributed by atoms with Gasteiger partial charge in [0, 0.05) is 19.3 Å². The normalized spacial score (nSPS) is 15.8. The number of hydrogen-bond acceptors (Lipinski definition) is 5. The third-order valence-corrected chi connectivity index (χ3v) is 2.77. The zero-order chi connectivity index (χ0) is 14.2. The summed E-state index contributed by atoms with van der Waals surface area (Å²) in [7, 11) is 0. The maximum Gasteiger partial charge on any atom is 0.410 e. The highest BCUT2D eigenvalue weighted by atomic mass is 16.6. The summed E-state index contributed by atoms with van der Waals surface area (Å²) in [6.07, 6.45) is 1.27. The molecule has 0 aliphatic carbocycles. The molecule has 0 radical (unpaired) electrons. The van der Waals surface area contributed by atoms with Crippen LogP contribution in [0.1, 0.15) is 32.4 Å². The standard InChI is InChI=1S/C12H17N5O2/c1-12(2,3)19-11(18)16-6-9(7-16)17-5-8(4-13)10(14)15-17/h5,9H,6-7H2,1-3H3,(H2,14,15). The van der Waals surface area contributed by atoms with Crippen LogP contribution in [0.15, 0.2) is 6.20 Å². The molecule has 2 heterocycles. The molecule has 1 aliphatic rings. The molecular weight excluding hydrogens is 246 g/mol. The summed E-state index contributed by atoms with van der Waals surface area (Å²) in [6, 6.07) is 2.02. The Morgan fingerprint density at radius 3 is 2.68 bits per heavy atom. The lowest BCUT2D eigenvalue weighted by atomic mass is 10.1. The first-order chi connectivity index (χ1) is 8.80. The smallest absolute Gasteiger partial charge is 0.410 e. The van der Waals surface area contributed by atoms with E-state index in [1.807, 2.05) is 26.8 Å². The quantitative estimate of drug-likeness (QED) is 0.819. The molecule has 19 heavy (non-hydrogen) atoms. The van der Waals surface area contributed by atoms with Gasteiger partial charge in [-0.3, -0.25) is 4.68 Å². The number of nitrogen functional groups attached to an aromatic ring is 1. The highest BCUT2D eigenvalue weighted by Crippen LogP contribution is 2.24. The topological polar surface area (TPSA) is 97.2 Å². The molecule has 7 nitrogen and oxygen atoms in total. The molecule has 0 bridgehead atoms. The van der Waals surface area contributed by atoms with Crippen molar-refractivity contribution in [2.45, 2.75) is 32.4 Å².